The van der Waals surface area contributed by atoms with E-state index in [1.807, 2.05) is 12.1 Å². The summed E-state index contributed by atoms with van der Waals surface area (Å²) in [7, 11) is 1.54. The topological polar surface area (TPSA) is 87.5 Å². The van der Waals surface area contributed by atoms with Gasteiger partial charge in [0.25, 0.3) is 11.5 Å². The van der Waals surface area contributed by atoms with Crippen molar-refractivity contribution < 1.29 is 4.79 Å². The minimum atomic E-state index is -0.229. The van der Waals surface area contributed by atoms with Gasteiger partial charge < -0.3 is 14.7 Å². The second kappa shape index (κ2) is 7.95. The van der Waals surface area contributed by atoms with Crippen LogP contribution < -0.4 is 15.4 Å². The zero-order chi connectivity index (χ0) is 19.5. The largest absolute Gasteiger partial charge is 0.355 e. The second-order valence-electron chi connectivity index (χ2n) is 7.26. The van der Waals surface area contributed by atoms with Crippen molar-refractivity contribution in [2.75, 3.05) is 49.1 Å². The summed E-state index contributed by atoms with van der Waals surface area (Å²) in [5.41, 5.74) is 0.0640. The average molecular weight is 383 g/mol. The van der Waals surface area contributed by atoms with Crippen molar-refractivity contribution >= 4 is 17.5 Å². The Morgan fingerprint density at radius 3 is 2.00 bits per heavy atom. The molecule has 0 N–H and O–H groups in total. The van der Waals surface area contributed by atoms with Gasteiger partial charge in [-0.2, -0.15) is 5.10 Å². The number of anilines is 2. The number of rotatable bonds is 3. The van der Waals surface area contributed by atoms with E-state index >= 15 is 0 Å². The highest BCUT2D eigenvalue weighted by atomic mass is 16.2. The van der Waals surface area contributed by atoms with Crippen LogP contribution in [0.4, 0.5) is 11.6 Å². The molecule has 0 saturated carbocycles. The van der Waals surface area contributed by atoms with E-state index in [1.165, 1.54) is 36.1 Å². The maximum absolute atomic E-state index is 12.6. The molecule has 148 valence electrons. The third-order valence-electron chi connectivity index (χ3n) is 5.39. The maximum atomic E-state index is 12.6. The van der Waals surface area contributed by atoms with Crippen molar-refractivity contribution in [2.45, 2.75) is 19.3 Å². The highest BCUT2D eigenvalue weighted by Gasteiger charge is 2.24. The fourth-order valence-corrected chi connectivity index (χ4v) is 3.70. The van der Waals surface area contributed by atoms with Crippen LogP contribution in [0.2, 0.25) is 0 Å². The van der Waals surface area contributed by atoms with Crippen molar-refractivity contribution in [1.82, 2.24) is 24.9 Å². The first-order chi connectivity index (χ1) is 13.6. The average Bonchev–Trinajstić information content (AvgIpc) is 2.76. The van der Waals surface area contributed by atoms with Gasteiger partial charge in [-0.1, -0.05) is 0 Å². The van der Waals surface area contributed by atoms with Crippen LogP contribution in [0.15, 0.2) is 29.1 Å². The molecule has 2 aromatic rings. The predicted molar refractivity (Wildman–Crippen MR) is 106 cm³/mol. The number of nitrogens with zero attached hydrogens (tertiary/aromatic N) is 7. The van der Waals surface area contributed by atoms with Crippen molar-refractivity contribution in [3.05, 3.63) is 40.3 Å². The molecular weight excluding hydrogens is 358 g/mol. The summed E-state index contributed by atoms with van der Waals surface area (Å²) >= 11 is 0. The summed E-state index contributed by atoms with van der Waals surface area (Å²) < 4.78 is 1.18. The number of piperazine rings is 1. The molecule has 2 aromatic heterocycles. The Hall–Kier alpha value is -2.97. The molecule has 0 radical (unpaired) electrons. The van der Waals surface area contributed by atoms with Crippen molar-refractivity contribution in [2.24, 2.45) is 7.05 Å². The zero-order valence-electron chi connectivity index (χ0n) is 16.1. The minimum absolute atomic E-state index is 0.151. The Bertz CT molecular complexity index is 882. The van der Waals surface area contributed by atoms with Gasteiger partial charge in [-0.05, 0) is 37.5 Å². The lowest BCUT2D eigenvalue weighted by molar-refractivity contribution is 0.0738. The van der Waals surface area contributed by atoms with Crippen LogP contribution in [0.1, 0.15) is 29.8 Å². The van der Waals surface area contributed by atoms with Crippen LogP contribution in [0.25, 0.3) is 0 Å². The normalized spacial score (nSPS) is 17.7. The van der Waals surface area contributed by atoms with Crippen molar-refractivity contribution in [3.8, 4) is 0 Å². The molecule has 0 unspecified atom stereocenters. The quantitative estimate of drug-likeness (QED) is 0.764. The van der Waals surface area contributed by atoms with Crippen molar-refractivity contribution in [1.29, 1.82) is 0 Å². The van der Waals surface area contributed by atoms with E-state index in [1.54, 1.807) is 11.9 Å². The number of piperidine rings is 1. The standard InChI is InChI=1S/C19H25N7O2/c1-23-18(27)8-5-15(22-23)19(28)26-13-11-25(12-14-26)17-7-6-16(20-21-17)24-9-3-2-4-10-24/h5-8H,2-4,9-14H2,1H3. The van der Waals surface area contributed by atoms with Gasteiger partial charge in [0.15, 0.2) is 11.6 Å². The van der Waals surface area contributed by atoms with Gasteiger partial charge in [-0.15, -0.1) is 10.2 Å². The number of carbonyl (C=O) groups is 1. The summed E-state index contributed by atoms with van der Waals surface area (Å²) in [4.78, 5) is 30.3. The molecule has 0 atom stereocenters. The number of hydrogen-bond donors (Lipinski definition) is 0. The first kappa shape index (κ1) is 18.4. The van der Waals surface area contributed by atoms with Gasteiger partial charge >= 0.3 is 0 Å². The van der Waals surface area contributed by atoms with E-state index < -0.39 is 0 Å². The van der Waals surface area contributed by atoms with E-state index in [2.05, 4.69) is 25.1 Å². The third-order valence-corrected chi connectivity index (χ3v) is 5.39. The summed E-state index contributed by atoms with van der Waals surface area (Å²) in [5, 5.41) is 12.9. The molecule has 0 aliphatic carbocycles. The Morgan fingerprint density at radius 2 is 1.43 bits per heavy atom. The summed E-state index contributed by atoms with van der Waals surface area (Å²) in [6, 6.07) is 6.92. The smallest absolute Gasteiger partial charge is 0.274 e. The first-order valence-corrected chi connectivity index (χ1v) is 9.79. The number of aryl methyl sites for hydroxylation is 1. The SMILES string of the molecule is Cn1nc(C(=O)N2CCN(c3ccc(N4CCCCC4)nn3)CC2)ccc1=O. The Labute approximate surface area is 163 Å². The molecule has 2 aliphatic heterocycles. The molecule has 28 heavy (non-hydrogen) atoms. The molecule has 9 heteroatoms. The lowest BCUT2D eigenvalue weighted by Gasteiger charge is -2.35. The van der Waals surface area contributed by atoms with E-state index in [-0.39, 0.29) is 11.5 Å². The lowest BCUT2D eigenvalue weighted by Crippen LogP contribution is -2.49. The molecule has 0 spiro atoms. The molecule has 0 bridgehead atoms. The molecular formula is C19H25N7O2. The monoisotopic (exact) mass is 383 g/mol. The number of amides is 1. The molecule has 9 nitrogen and oxygen atoms in total. The highest BCUT2D eigenvalue weighted by molar-refractivity contribution is 5.92. The number of aromatic nitrogens is 4. The Kier molecular flexibility index (Phi) is 5.23. The van der Waals surface area contributed by atoms with Crippen LogP contribution in [0, 0.1) is 0 Å². The number of carbonyl (C=O) groups excluding carboxylic acids is 1. The lowest BCUT2D eigenvalue weighted by atomic mass is 10.1. The zero-order valence-corrected chi connectivity index (χ0v) is 16.1. The fourth-order valence-electron chi connectivity index (χ4n) is 3.70. The summed E-state index contributed by atoms with van der Waals surface area (Å²) in [6.07, 6.45) is 3.72. The van der Waals surface area contributed by atoms with Gasteiger partial charge in [0, 0.05) is 52.4 Å². The number of hydrogen-bond acceptors (Lipinski definition) is 7. The van der Waals surface area contributed by atoms with Gasteiger partial charge in [0.2, 0.25) is 0 Å². The minimum Gasteiger partial charge on any atom is -0.355 e. The van der Waals surface area contributed by atoms with Crippen LogP contribution in [-0.4, -0.2) is 70.1 Å². The third kappa shape index (κ3) is 3.83. The highest BCUT2D eigenvalue weighted by Crippen LogP contribution is 2.20. The van der Waals surface area contributed by atoms with Gasteiger partial charge in [0.1, 0.15) is 5.69 Å². The van der Waals surface area contributed by atoms with E-state index in [4.69, 9.17) is 0 Å². The van der Waals surface area contributed by atoms with E-state index in [0.717, 1.165) is 24.7 Å². The molecule has 1 amide bonds. The van der Waals surface area contributed by atoms with E-state index in [9.17, 15) is 9.59 Å². The van der Waals surface area contributed by atoms with Crippen LogP contribution in [0.5, 0.6) is 0 Å². The van der Waals surface area contributed by atoms with E-state index in [0.29, 0.717) is 31.9 Å². The van der Waals surface area contributed by atoms with Gasteiger partial charge in [-0.3, -0.25) is 9.59 Å². The molecule has 4 rings (SSSR count). The van der Waals surface area contributed by atoms with Crippen molar-refractivity contribution in [3.63, 3.8) is 0 Å². The van der Waals surface area contributed by atoms with Crippen LogP contribution >= 0.6 is 0 Å². The van der Waals surface area contributed by atoms with Crippen LogP contribution in [-0.2, 0) is 7.05 Å². The molecule has 2 saturated heterocycles. The second-order valence-corrected chi connectivity index (χ2v) is 7.26. The fraction of sp³-hybridized carbons (Fsp3) is 0.526. The predicted octanol–water partition coefficient (Wildman–Crippen LogP) is 0.523. The Morgan fingerprint density at radius 1 is 0.821 bits per heavy atom. The maximum Gasteiger partial charge on any atom is 0.274 e. The molecule has 0 aromatic carbocycles. The summed E-state index contributed by atoms with van der Waals surface area (Å²) in [6.45, 7) is 4.64. The van der Waals surface area contributed by atoms with Gasteiger partial charge in [0.05, 0.1) is 0 Å². The summed E-state index contributed by atoms with van der Waals surface area (Å²) in [5.74, 6) is 1.63. The first-order valence-electron chi connectivity index (χ1n) is 9.79. The molecule has 2 aliphatic rings. The van der Waals surface area contributed by atoms with Crippen LogP contribution in [0.3, 0.4) is 0 Å². The Balaban J connectivity index is 1.36. The molecule has 4 heterocycles. The molecule has 2 fully saturated rings. The van der Waals surface area contributed by atoms with Gasteiger partial charge in [-0.25, -0.2) is 4.68 Å².